The van der Waals surface area contributed by atoms with Gasteiger partial charge in [0.15, 0.2) is 0 Å². The molecule has 0 aliphatic rings. The molecule has 0 aliphatic carbocycles. The molecule has 0 spiro atoms. The average molecular weight is 250 g/mol. The van der Waals surface area contributed by atoms with Crippen LogP contribution in [-0.2, 0) is 0 Å². The molecule has 0 saturated carbocycles. The summed E-state index contributed by atoms with van der Waals surface area (Å²) in [6.45, 7) is 5.76. The van der Waals surface area contributed by atoms with Crippen molar-refractivity contribution in [3.05, 3.63) is 18.0 Å². The Hall–Kier alpha value is -1.65. The Morgan fingerprint density at radius 3 is 2.44 bits per heavy atom. The molecule has 0 aromatic carbocycles. The summed E-state index contributed by atoms with van der Waals surface area (Å²) in [6.07, 6.45) is 7.43. The number of anilines is 1. The van der Waals surface area contributed by atoms with E-state index in [2.05, 4.69) is 34.4 Å². The first-order chi connectivity index (χ1) is 8.77. The number of unbranched alkanes of at least 4 members (excludes halogenated alkanes) is 2. The molecule has 18 heavy (non-hydrogen) atoms. The highest BCUT2D eigenvalue weighted by atomic mass is 16.1. The van der Waals surface area contributed by atoms with Crippen molar-refractivity contribution in [2.24, 2.45) is 0 Å². The minimum Gasteiger partial charge on any atom is -0.354 e. The van der Waals surface area contributed by atoms with Crippen molar-refractivity contribution in [3.63, 3.8) is 0 Å². The molecule has 0 radical (unpaired) electrons. The molecule has 100 valence electrons. The molecule has 5 nitrogen and oxygen atoms in total. The van der Waals surface area contributed by atoms with Crippen molar-refractivity contribution in [2.75, 3.05) is 18.4 Å². The highest BCUT2D eigenvalue weighted by molar-refractivity contribution is 5.93. The Balaban J connectivity index is 2.38. The molecule has 0 saturated heterocycles. The molecule has 0 unspecified atom stereocenters. The van der Waals surface area contributed by atoms with E-state index < -0.39 is 0 Å². The number of carbonyl (C=O) groups is 1. The second-order valence-corrected chi connectivity index (χ2v) is 4.19. The van der Waals surface area contributed by atoms with E-state index in [0.29, 0.717) is 18.1 Å². The molecule has 1 heterocycles. The maximum absolute atomic E-state index is 11.7. The molecule has 1 aromatic heterocycles. The van der Waals surface area contributed by atoms with E-state index in [4.69, 9.17) is 0 Å². The molecule has 0 atom stereocenters. The lowest BCUT2D eigenvalue weighted by molar-refractivity contribution is 0.0952. The number of nitrogens with one attached hydrogen (secondary N) is 2. The number of hydrogen-bond acceptors (Lipinski definition) is 4. The van der Waals surface area contributed by atoms with Crippen molar-refractivity contribution in [1.29, 1.82) is 0 Å². The summed E-state index contributed by atoms with van der Waals surface area (Å²) in [6, 6.07) is 0. The Kier molecular flexibility index (Phi) is 6.76. The SMILES string of the molecule is CCCCCNC(=O)c1cnc(NCCC)nc1. The smallest absolute Gasteiger partial charge is 0.254 e. The Bertz CT molecular complexity index is 351. The minimum absolute atomic E-state index is 0.104. The third kappa shape index (κ3) is 5.12. The van der Waals surface area contributed by atoms with Crippen LogP contribution in [0.2, 0.25) is 0 Å². The largest absolute Gasteiger partial charge is 0.354 e. The van der Waals surface area contributed by atoms with Gasteiger partial charge in [-0.2, -0.15) is 0 Å². The topological polar surface area (TPSA) is 66.9 Å². The van der Waals surface area contributed by atoms with Gasteiger partial charge in [-0.3, -0.25) is 4.79 Å². The summed E-state index contributed by atoms with van der Waals surface area (Å²) < 4.78 is 0. The van der Waals surface area contributed by atoms with E-state index in [1.54, 1.807) is 12.4 Å². The highest BCUT2D eigenvalue weighted by Gasteiger charge is 2.05. The predicted octanol–water partition coefficient (Wildman–Crippen LogP) is 2.22. The van der Waals surface area contributed by atoms with Gasteiger partial charge in [0.05, 0.1) is 5.56 Å². The van der Waals surface area contributed by atoms with Gasteiger partial charge in [0.25, 0.3) is 5.91 Å². The first-order valence-corrected chi connectivity index (χ1v) is 6.62. The fourth-order valence-electron chi connectivity index (χ4n) is 1.45. The highest BCUT2D eigenvalue weighted by Crippen LogP contribution is 2.00. The molecule has 0 fully saturated rings. The lowest BCUT2D eigenvalue weighted by atomic mass is 10.2. The Labute approximate surface area is 108 Å². The van der Waals surface area contributed by atoms with E-state index in [9.17, 15) is 4.79 Å². The van der Waals surface area contributed by atoms with E-state index in [1.807, 2.05) is 0 Å². The van der Waals surface area contributed by atoms with Gasteiger partial charge in [-0.05, 0) is 12.8 Å². The second kappa shape index (κ2) is 8.44. The first kappa shape index (κ1) is 14.4. The van der Waals surface area contributed by atoms with Crippen LogP contribution in [0.15, 0.2) is 12.4 Å². The normalized spacial score (nSPS) is 10.1. The molecule has 5 heteroatoms. The molecule has 0 bridgehead atoms. The monoisotopic (exact) mass is 250 g/mol. The summed E-state index contributed by atoms with van der Waals surface area (Å²) in [5, 5.41) is 5.92. The zero-order chi connectivity index (χ0) is 13.2. The lowest BCUT2D eigenvalue weighted by Gasteiger charge is -2.05. The number of aromatic nitrogens is 2. The summed E-state index contributed by atoms with van der Waals surface area (Å²) in [5.74, 6) is 0.465. The second-order valence-electron chi connectivity index (χ2n) is 4.19. The Morgan fingerprint density at radius 2 is 1.83 bits per heavy atom. The fraction of sp³-hybridized carbons (Fsp3) is 0.615. The van der Waals surface area contributed by atoms with Crippen LogP contribution >= 0.6 is 0 Å². The van der Waals surface area contributed by atoms with Crippen LogP contribution in [-0.4, -0.2) is 29.0 Å². The number of rotatable bonds is 8. The van der Waals surface area contributed by atoms with Gasteiger partial charge in [-0.25, -0.2) is 9.97 Å². The van der Waals surface area contributed by atoms with Crippen molar-refractivity contribution in [1.82, 2.24) is 15.3 Å². The third-order valence-electron chi connectivity index (χ3n) is 2.51. The van der Waals surface area contributed by atoms with Crippen molar-refractivity contribution in [3.8, 4) is 0 Å². The van der Waals surface area contributed by atoms with E-state index in [0.717, 1.165) is 32.2 Å². The molecule has 1 amide bonds. The van der Waals surface area contributed by atoms with Crippen LogP contribution in [0.4, 0.5) is 5.95 Å². The maximum Gasteiger partial charge on any atom is 0.254 e. The fourth-order valence-corrected chi connectivity index (χ4v) is 1.45. The molecule has 2 N–H and O–H groups in total. The van der Waals surface area contributed by atoms with E-state index in [1.165, 1.54) is 0 Å². The predicted molar refractivity (Wildman–Crippen MR) is 72.7 cm³/mol. The Morgan fingerprint density at radius 1 is 1.11 bits per heavy atom. The lowest BCUT2D eigenvalue weighted by Crippen LogP contribution is -2.24. The molecule has 1 rings (SSSR count). The van der Waals surface area contributed by atoms with Crippen LogP contribution in [0, 0.1) is 0 Å². The van der Waals surface area contributed by atoms with Crippen LogP contribution in [0.5, 0.6) is 0 Å². The van der Waals surface area contributed by atoms with Crippen molar-refractivity contribution in [2.45, 2.75) is 39.5 Å². The van der Waals surface area contributed by atoms with Gasteiger partial charge in [-0.15, -0.1) is 0 Å². The quantitative estimate of drug-likeness (QED) is 0.694. The first-order valence-electron chi connectivity index (χ1n) is 6.62. The van der Waals surface area contributed by atoms with Gasteiger partial charge < -0.3 is 10.6 Å². The minimum atomic E-state index is -0.104. The number of hydrogen-bond donors (Lipinski definition) is 2. The summed E-state index contributed by atoms with van der Waals surface area (Å²) in [5.41, 5.74) is 0.508. The van der Waals surface area contributed by atoms with Crippen LogP contribution in [0.1, 0.15) is 49.9 Å². The van der Waals surface area contributed by atoms with Gasteiger partial charge in [-0.1, -0.05) is 26.7 Å². The van der Waals surface area contributed by atoms with Gasteiger partial charge in [0.1, 0.15) is 0 Å². The molecule has 0 aliphatic heterocycles. The van der Waals surface area contributed by atoms with Gasteiger partial charge in [0, 0.05) is 25.5 Å². The zero-order valence-electron chi connectivity index (χ0n) is 11.2. The van der Waals surface area contributed by atoms with Crippen LogP contribution < -0.4 is 10.6 Å². The molecule has 1 aromatic rings. The van der Waals surface area contributed by atoms with E-state index in [-0.39, 0.29) is 5.91 Å². The average Bonchev–Trinajstić information content (AvgIpc) is 2.41. The standard InChI is InChI=1S/C13H22N4O/c1-3-5-6-8-14-12(18)11-9-16-13(17-10-11)15-7-4-2/h9-10H,3-8H2,1-2H3,(H,14,18)(H,15,16,17). The summed E-state index contributed by atoms with van der Waals surface area (Å²) >= 11 is 0. The third-order valence-corrected chi connectivity index (χ3v) is 2.51. The van der Waals surface area contributed by atoms with Crippen LogP contribution in [0.25, 0.3) is 0 Å². The van der Waals surface area contributed by atoms with Crippen molar-refractivity contribution < 1.29 is 4.79 Å². The number of amides is 1. The van der Waals surface area contributed by atoms with Gasteiger partial charge in [0.2, 0.25) is 5.95 Å². The molecular formula is C13H22N4O. The van der Waals surface area contributed by atoms with Gasteiger partial charge >= 0.3 is 0 Å². The zero-order valence-corrected chi connectivity index (χ0v) is 11.2. The summed E-state index contributed by atoms with van der Waals surface area (Å²) in [7, 11) is 0. The maximum atomic E-state index is 11.7. The van der Waals surface area contributed by atoms with Crippen molar-refractivity contribution >= 4 is 11.9 Å². The van der Waals surface area contributed by atoms with E-state index >= 15 is 0 Å². The number of nitrogens with zero attached hydrogens (tertiary/aromatic N) is 2. The molecular weight excluding hydrogens is 228 g/mol. The number of carbonyl (C=O) groups excluding carboxylic acids is 1. The van der Waals surface area contributed by atoms with Crippen LogP contribution in [0.3, 0.4) is 0 Å². The summed E-state index contributed by atoms with van der Waals surface area (Å²) in [4.78, 5) is 19.9.